The number of rotatable bonds is 6. The van der Waals surface area contributed by atoms with Crippen LogP contribution in [0.15, 0.2) is 0 Å². The maximum Gasteiger partial charge on any atom is 0.0474 e. The van der Waals surface area contributed by atoms with E-state index in [1.54, 1.807) is 7.11 Å². The summed E-state index contributed by atoms with van der Waals surface area (Å²) in [5.41, 5.74) is 0.646. The summed E-state index contributed by atoms with van der Waals surface area (Å²) < 4.78 is 4.95. The van der Waals surface area contributed by atoms with Crippen LogP contribution >= 0.6 is 0 Å². The molecule has 0 aromatic heterocycles. The van der Waals surface area contributed by atoms with Crippen molar-refractivity contribution in [1.29, 1.82) is 0 Å². The van der Waals surface area contributed by atoms with Crippen molar-refractivity contribution in [2.45, 2.75) is 26.2 Å². The van der Waals surface area contributed by atoms with Crippen LogP contribution in [0.4, 0.5) is 0 Å². The van der Waals surface area contributed by atoms with Crippen LogP contribution < -0.4 is 5.32 Å². The lowest BCUT2D eigenvalue weighted by atomic mass is 10.1. The first-order chi connectivity index (χ1) is 5.27. The summed E-state index contributed by atoms with van der Waals surface area (Å²) in [6.07, 6.45) is 3.95. The van der Waals surface area contributed by atoms with Crippen molar-refractivity contribution in [2.24, 2.45) is 5.41 Å². The quantitative estimate of drug-likeness (QED) is 0.589. The Labute approximate surface area is 69.3 Å². The molecule has 1 aliphatic rings. The smallest absolute Gasteiger partial charge is 0.0474 e. The van der Waals surface area contributed by atoms with Gasteiger partial charge in [-0.25, -0.2) is 0 Å². The van der Waals surface area contributed by atoms with Gasteiger partial charge in [-0.15, -0.1) is 0 Å². The summed E-state index contributed by atoms with van der Waals surface area (Å²) >= 11 is 0. The number of methoxy groups -OCH3 is 1. The molecule has 1 N–H and O–H groups in total. The zero-order valence-electron chi connectivity index (χ0n) is 7.65. The Morgan fingerprint density at radius 1 is 1.45 bits per heavy atom. The lowest BCUT2D eigenvalue weighted by molar-refractivity contribution is 0.194. The summed E-state index contributed by atoms with van der Waals surface area (Å²) in [5, 5.41) is 3.44. The average molecular weight is 157 g/mol. The molecular formula is C9H19NO. The molecule has 2 nitrogen and oxygen atoms in total. The third-order valence-electron chi connectivity index (χ3n) is 2.36. The van der Waals surface area contributed by atoms with Crippen molar-refractivity contribution in [2.75, 3.05) is 26.8 Å². The van der Waals surface area contributed by atoms with Gasteiger partial charge in [0.2, 0.25) is 0 Å². The first-order valence-electron chi connectivity index (χ1n) is 4.46. The highest BCUT2D eigenvalue weighted by Gasteiger charge is 2.36. The Hall–Kier alpha value is -0.0800. The minimum Gasteiger partial charge on any atom is -0.385 e. The van der Waals surface area contributed by atoms with Gasteiger partial charge in [-0.05, 0) is 31.2 Å². The maximum absolute atomic E-state index is 4.95. The Balaban J connectivity index is 1.81. The second-order valence-corrected chi connectivity index (χ2v) is 3.83. The SMILES string of the molecule is COCCCNCC1(C)CC1. The topological polar surface area (TPSA) is 21.3 Å². The van der Waals surface area contributed by atoms with Crippen molar-refractivity contribution >= 4 is 0 Å². The Morgan fingerprint density at radius 3 is 2.73 bits per heavy atom. The Kier molecular flexibility index (Phi) is 3.34. The van der Waals surface area contributed by atoms with Gasteiger partial charge in [0.25, 0.3) is 0 Å². The van der Waals surface area contributed by atoms with Crippen LogP contribution in [0.1, 0.15) is 26.2 Å². The third kappa shape index (κ3) is 3.73. The highest BCUT2D eigenvalue weighted by molar-refractivity contribution is 4.90. The average Bonchev–Trinajstić information content (AvgIpc) is 2.69. The van der Waals surface area contributed by atoms with Crippen molar-refractivity contribution < 1.29 is 4.74 Å². The summed E-state index contributed by atoms with van der Waals surface area (Å²) in [6.45, 7) is 5.51. The molecule has 0 aromatic carbocycles. The minimum atomic E-state index is 0.646. The second kappa shape index (κ2) is 4.07. The van der Waals surface area contributed by atoms with Crippen LogP contribution in [0.5, 0.6) is 0 Å². The molecule has 0 unspecified atom stereocenters. The molecule has 0 radical (unpaired) electrons. The molecule has 0 spiro atoms. The first kappa shape index (κ1) is 9.01. The van der Waals surface area contributed by atoms with Crippen LogP contribution in [0.3, 0.4) is 0 Å². The molecule has 0 aromatic rings. The zero-order valence-corrected chi connectivity index (χ0v) is 7.65. The van der Waals surface area contributed by atoms with Gasteiger partial charge in [-0.1, -0.05) is 6.92 Å². The molecule has 0 saturated heterocycles. The van der Waals surface area contributed by atoms with Crippen molar-refractivity contribution in [3.63, 3.8) is 0 Å². The van der Waals surface area contributed by atoms with E-state index in [1.807, 2.05) is 0 Å². The lowest BCUT2D eigenvalue weighted by Gasteiger charge is -2.08. The van der Waals surface area contributed by atoms with Crippen molar-refractivity contribution in [3.05, 3.63) is 0 Å². The molecule has 0 atom stereocenters. The molecule has 1 saturated carbocycles. The van der Waals surface area contributed by atoms with Crippen molar-refractivity contribution in [1.82, 2.24) is 5.32 Å². The van der Waals surface area contributed by atoms with Gasteiger partial charge in [0, 0.05) is 20.3 Å². The first-order valence-corrected chi connectivity index (χ1v) is 4.46. The molecular weight excluding hydrogens is 138 g/mol. The molecule has 1 rings (SSSR count). The molecule has 0 aliphatic heterocycles. The highest BCUT2D eigenvalue weighted by atomic mass is 16.5. The van der Waals surface area contributed by atoms with Gasteiger partial charge in [0.05, 0.1) is 0 Å². The summed E-state index contributed by atoms with van der Waals surface area (Å²) in [4.78, 5) is 0. The van der Waals surface area contributed by atoms with Crippen LogP contribution in [-0.4, -0.2) is 26.8 Å². The molecule has 1 aliphatic carbocycles. The van der Waals surface area contributed by atoms with E-state index < -0.39 is 0 Å². The molecule has 0 heterocycles. The van der Waals surface area contributed by atoms with Gasteiger partial charge in [-0.3, -0.25) is 0 Å². The fraction of sp³-hybridized carbons (Fsp3) is 1.00. The minimum absolute atomic E-state index is 0.646. The number of hydrogen-bond donors (Lipinski definition) is 1. The second-order valence-electron chi connectivity index (χ2n) is 3.83. The van der Waals surface area contributed by atoms with Crippen LogP contribution in [0, 0.1) is 5.41 Å². The van der Waals surface area contributed by atoms with Crippen LogP contribution in [-0.2, 0) is 4.74 Å². The molecule has 2 heteroatoms. The van der Waals surface area contributed by atoms with E-state index >= 15 is 0 Å². The van der Waals surface area contributed by atoms with E-state index in [0.717, 1.165) is 19.6 Å². The van der Waals surface area contributed by atoms with Crippen molar-refractivity contribution in [3.8, 4) is 0 Å². The van der Waals surface area contributed by atoms with Gasteiger partial charge in [0.1, 0.15) is 0 Å². The predicted molar refractivity (Wildman–Crippen MR) is 46.7 cm³/mol. The number of hydrogen-bond acceptors (Lipinski definition) is 2. The molecule has 66 valence electrons. The highest BCUT2D eigenvalue weighted by Crippen LogP contribution is 2.43. The molecule has 1 fully saturated rings. The fourth-order valence-electron chi connectivity index (χ4n) is 1.12. The van der Waals surface area contributed by atoms with E-state index in [1.165, 1.54) is 19.4 Å². The van der Waals surface area contributed by atoms with E-state index in [4.69, 9.17) is 4.74 Å². The summed E-state index contributed by atoms with van der Waals surface area (Å²) in [6, 6.07) is 0. The number of ether oxygens (including phenoxy) is 1. The standard InChI is InChI=1S/C9H19NO/c1-9(4-5-9)8-10-6-3-7-11-2/h10H,3-8H2,1-2H3. The summed E-state index contributed by atoms with van der Waals surface area (Å²) in [5.74, 6) is 0. The lowest BCUT2D eigenvalue weighted by Crippen LogP contribution is -2.23. The van der Waals surface area contributed by atoms with Gasteiger partial charge in [-0.2, -0.15) is 0 Å². The predicted octanol–water partition coefficient (Wildman–Crippen LogP) is 1.41. The Bertz CT molecular complexity index is 110. The Morgan fingerprint density at radius 2 is 2.18 bits per heavy atom. The normalized spacial score (nSPS) is 20.2. The largest absolute Gasteiger partial charge is 0.385 e. The van der Waals surface area contributed by atoms with Gasteiger partial charge in [0.15, 0.2) is 0 Å². The van der Waals surface area contributed by atoms with Gasteiger partial charge < -0.3 is 10.1 Å². The molecule has 11 heavy (non-hydrogen) atoms. The van der Waals surface area contributed by atoms with Crippen LogP contribution in [0.25, 0.3) is 0 Å². The monoisotopic (exact) mass is 157 g/mol. The zero-order chi connectivity index (χ0) is 8.16. The number of nitrogens with one attached hydrogen (secondary N) is 1. The molecule has 0 amide bonds. The third-order valence-corrected chi connectivity index (χ3v) is 2.36. The van der Waals surface area contributed by atoms with E-state index in [-0.39, 0.29) is 0 Å². The molecule has 0 bridgehead atoms. The van der Waals surface area contributed by atoms with Crippen LogP contribution in [0.2, 0.25) is 0 Å². The maximum atomic E-state index is 4.95. The van der Waals surface area contributed by atoms with E-state index in [0.29, 0.717) is 5.41 Å². The fourth-order valence-corrected chi connectivity index (χ4v) is 1.12. The van der Waals surface area contributed by atoms with E-state index in [9.17, 15) is 0 Å². The van der Waals surface area contributed by atoms with E-state index in [2.05, 4.69) is 12.2 Å². The van der Waals surface area contributed by atoms with Gasteiger partial charge >= 0.3 is 0 Å². The summed E-state index contributed by atoms with van der Waals surface area (Å²) in [7, 11) is 1.75.